The Labute approximate surface area is 102 Å². The van der Waals surface area contributed by atoms with Crippen molar-refractivity contribution in [3.63, 3.8) is 0 Å². The van der Waals surface area contributed by atoms with E-state index in [1.807, 2.05) is 0 Å². The molecule has 2 aliphatic rings. The van der Waals surface area contributed by atoms with Crippen LogP contribution in [0, 0.1) is 5.82 Å². The van der Waals surface area contributed by atoms with Gasteiger partial charge in [-0.3, -0.25) is 0 Å². The molecule has 1 saturated heterocycles. The first-order valence-electron chi connectivity index (χ1n) is 5.30. The van der Waals surface area contributed by atoms with Gasteiger partial charge in [0, 0.05) is 0 Å². The fourth-order valence-corrected chi connectivity index (χ4v) is 3.01. The number of carbonyl (C=O) groups is 1. The van der Waals surface area contributed by atoms with E-state index < -0.39 is 16.6 Å². The molecule has 2 unspecified atom stereocenters. The van der Waals surface area contributed by atoms with Gasteiger partial charge in [-0.2, -0.15) is 0 Å². The summed E-state index contributed by atoms with van der Waals surface area (Å²) in [4.78, 5) is 11.6. The molecular weight excluding hydrogens is 247 g/mol. The highest BCUT2D eigenvalue weighted by molar-refractivity contribution is 6.36. The number of carbonyl (C=O) groups excluding carboxylic acids is 1. The molecule has 90 valence electrons. The normalized spacial score (nSPS) is 33.6. The molecule has 3 rings (SSSR count). The first kappa shape index (κ1) is 11.0. The lowest BCUT2D eigenvalue weighted by Gasteiger charge is -2.08. The third-order valence-corrected chi connectivity index (χ3v) is 4.03. The monoisotopic (exact) mass is 256 g/mol. The van der Waals surface area contributed by atoms with Crippen molar-refractivity contribution in [3.05, 3.63) is 35.1 Å². The molecule has 1 heterocycles. The lowest BCUT2D eigenvalue weighted by Crippen LogP contribution is -2.27. The molecule has 1 spiro atoms. The average Bonchev–Trinajstić information content (AvgIpc) is 2.77. The van der Waals surface area contributed by atoms with Crippen LogP contribution in [0.25, 0.3) is 0 Å². The van der Waals surface area contributed by atoms with E-state index in [2.05, 4.69) is 4.74 Å². The van der Waals surface area contributed by atoms with Crippen molar-refractivity contribution < 1.29 is 18.7 Å². The van der Waals surface area contributed by atoms with Crippen molar-refractivity contribution in [1.29, 1.82) is 0 Å². The van der Waals surface area contributed by atoms with Crippen molar-refractivity contribution in [1.82, 2.24) is 0 Å². The maximum atomic E-state index is 13.1. The maximum Gasteiger partial charge on any atom is 0.357 e. The van der Waals surface area contributed by atoms with Crippen LogP contribution in [0.1, 0.15) is 17.5 Å². The molecule has 0 N–H and O–H groups in total. The Morgan fingerprint density at radius 3 is 3.06 bits per heavy atom. The van der Waals surface area contributed by atoms with Gasteiger partial charge in [0.2, 0.25) is 0 Å². The summed E-state index contributed by atoms with van der Waals surface area (Å²) in [6, 6.07) is 4.44. The Morgan fingerprint density at radius 1 is 1.59 bits per heavy atom. The Balaban J connectivity index is 2.04. The number of fused-ring (bicyclic) bond motifs is 2. The molecule has 0 aromatic heterocycles. The van der Waals surface area contributed by atoms with Crippen LogP contribution in [0.5, 0.6) is 0 Å². The van der Waals surface area contributed by atoms with E-state index in [9.17, 15) is 9.18 Å². The number of esters is 1. The molecule has 0 saturated carbocycles. The minimum absolute atomic E-state index is 0.292. The van der Waals surface area contributed by atoms with E-state index in [4.69, 9.17) is 16.3 Å². The van der Waals surface area contributed by atoms with E-state index in [0.29, 0.717) is 12.8 Å². The first-order valence-corrected chi connectivity index (χ1v) is 5.68. The predicted molar refractivity (Wildman–Crippen MR) is 58.1 cm³/mol. The number of aryl methyl sites for hydroxylation is 1. The highest BCUT2D eigenvalue weighted by atomic mass is 35.5. The van der Waals surface area contributed by atoms with Gasteiger partial charge >= 0.3 is 5.97 Å². The second-order valence-corrected chi connectivity index (χ2v) is 4.85. The number of hydrogen-bond donors (Lipinski definition) is 0. The number of halogens is 2. The Bertz CT molecular complexity index is 518. The molecule has 2 atom stereocenters. The topological polar surface area (TPSA) is 38.8 Å². The average molecular weight is 257 g/mol. The first-order chi connectivity index (χ1) is 8.03. The fourth-order valence-electron chi connectivity index (χ4n) is 2.60. The minimum atomic E-state index is -1.44. The number of benzene rings is 1. The number of hydrogen-bond acceptors (Lipinski definition) is 3. The lowest BCUT2D eigenvalue weighted by molar-refractivity contribution is -0.143. The number of ether oxygens (including phenoxy) is 2. The van der Waals surface area contributed by atoms with Gasteiger partial charge in [-0.1, -0.05) is 17.7 Å². The number of rotatable bonds is 1. The van der Waals surface area contributed by atoms with E-state index in [0.717, 1.165) is 11.1 Å². The Morgan fingerprint density at radius 2 is 2.35 bits per heavy atom. The zero-order chi connectivity index (χ0) is 12.3. The summed E-state index contributed by atoms with van der Waals surface area (Å²) in [7, 11) is 1.27. The summed E-state index contributed by atoms with van der Waals surface area (Å²) in [5.41, 5.74) is 0.806. The van der Waals surface area contributed by atoms with Gasteiger partial charge in [0.05, 0.1) is 7.11 Å². The van der Waals surface area contributed by atoms with Crippen LogP contribution in [0.4, 0.5) is 4.39 Å². The van der Waals surface area contributed by atoms with Crippen LogP contribution in [-0.4, -0.2) is 18.1 Å². The van der Waals surface area contributed by atoms with Gasteiger partial charge in [-0.25, -0.2) is 9.18 Å². The van der Waals surface area contributed by atoms with Gasteiger partial charge < -0.3 is 9.47 Å². The highest BCUT2D eigenvalue weighted by Crippen LogP contribution is 2.65. The molecule has 1 aromatic rings. The predicted octanol–water partition coefficient (Wildman–Crippen LogP) is 2.11. The van der Waals surface area contributed by atoms with Crippen LogP contribution in [0.2, 0.25) is 0 Å². The maximum absolute atomic E-state index is 13.1. The van der Waals surface area contributed by atoms with Gasteiger partial charge in [0.1, 0.15) is 5.82 Å². The molecule has 1 aliphatic carbocycles. The van der Waals surface area contributed by atoms with Crippen LogP contribution in [0.15, 0.2) is 18.2 Å². The van der Waals surface area contributed by atoms with Crippen molar-refractivity contribution in [2.75, 3.05) is 7.11 Å². The SMILES string of the molecule is COC(=O)C1(Cl)OC12CCc1cc(F)ccc12. The minimum Gasteiger partial charge on any atom is -0.466 e. The third kappa shape index (κ3) is 1.22. The molecule has 1 fully saturated rings. The number of alkyl halides is 1. The summed E-state index contributed by atoms with van der Waals surface area (Å²) in [5.74, 6) is -0.893. The molecule has 0 amide bonds. The largest absolute Gasteiger partial charge is 0.466 e. The van der Waals surface area contributed by atoms with Gasteiger partial charge in [0.15, 0.2) is 5.60 Å². The second-order valence-electron chi connectivity index (χ2n) is 4.32. The zero-order valence-corrected chi connectivity index (χ0v) is 9.88. The van der Waals surface area contributed by atoms with Crippen LogP contribution >= 0.6 is 11.6 Å². The van der Waals surface area contributed by atoms with Crippen LogP contribution in [-0.2, 0) is 26.3 Å². The molecule has 3 nitrogen and oxygen atoms in total. The van der Waals surface area contributed by atoms with Crippen LogP contribution < -0.4 is 0 Å². The summed E-state index contributed by atoms with van der Waals surface area (Å²) in [5, 5.41) is -1.44. The van der Waals surface area contributed by atoms with E-state index in [-0.39, 0.29) is 5.82 Å². The summed E-state index contributed by atoms with van der Waals surface area (Å²) in [6.45, 7) is 0. The quantitative estimate of drug-likeness (QED) is 0.439. The zero-order valence-electron chi connectivity index (χ0n) is 9.13. The van der Waals surface area contributed by atoms with E-state index in [1.54, 1.807) is 6.07 Å². The molecule has 1 aromatic carbocycles. The van der Waals surface area contributed by atoms with Gasteiger partial charge in [0.25, 0.3) is 5.06 Å². The van der Waals surface area contributed by atoms with E-state index >= 15 is 0 Å². The Hall–Kier alpha value is -1.13. The van der Waals surface area contributed by atoms with Crippen molar-refractivity contribution in [2.45, 2.75) is 23.5 Å². The Kier molecular flexibility index (Phi) is 2.07. The lowest BCUT2D eigenvalue weighted by atomic mass is 9.97. The van der Waals surface area contributed by atoms with Gasteiger partial charge in [-0.15, -0.1) is 0 Å². The molecule has 5 heteroatoms. The molecule has 0 bridgehead atoms. The second kappa shape index (κ2) is 3.21. The summed E-state index contributed by atoms with van der Waals surface area (Å²) < 4.78 is 23.2. The number of epoxide rings is 1. The molecule has 0 radical (unpaired) electrons. The van der Waals surface area contributed by atoms with Crippen LogP contribution in [0.3, 0.4) is 0 Å². The highest BCUT2D eigenvalue weighted by Gasteiger charge is 2.77. The van der Waals surface area contributed by atoms with Crippen molar-refractivity contribution in [3.8, 4) is 0 Å². The third-order valence-electron chi connectivity index (χ3n) is 3.49. The van der Waals surface area contributed by atoms with Crippen molar-refractivity contribution in [2.24, 2.45) is 0 Å². The van der Waals surface area contributed by atoms with Crippen molar-refractivity contribution >= 4 is 17.6 Å². The molecule has 1 aliphatic heterocycles. The smallest absolute Gasteiger partial charge is 0.357 e. The van der Waals surface area contributed by atoms with E-state index in [1.165, 1.54) is 19.2 Å². The number of methoxy groups -OCH3 is 1. The summed E-state index contributed by atoms with van der Waals surface area (Å²) >= 11 is 6.13. The fraction of sp³-hybridized carbons (Fsp3) is 0.417. The molecular formula is C12H10ClFO3. The summed E-state index contributed by atoms with van der Waals surface area (Å²) in [6.07, 6.45) is 1.23. The standard InChI is InChI=1S/C12H10ClFO3/c1-16-10(15)12(13)11(17-12)5-4-7-6-8(14)2-3-9(7)11/h2-3,6H,4-5H2,1H3. The van der Waals surface area contributed by atoms with Gasteiger partial charge in [-0.05, 0) is 36.1 Å². The molecule has 17 heavy (non-hydrogen) atoms.